The van der Waals surface area contributed by atoms with E-state index in [9.17, 15) is 9.90 Å². The molecule has 6 heteroatoms. The lowest BCUT2D eigenvalue weighted by atomic mass is 9.89. The molecule has 1 unspecified atom stereocenters. The maximum atomic E-state index is 11.4. The van der Waals surface area contributed by atoms with E-state index in [1.807, 2.05) is 51.1 Å². The Kier molecular flexibility index (Phi) is 4.51. The van der Waals surface area contributed by atoms with Gasteiger partial charge in [-0.15, -0.1) is 0 Å². The van der Waals surface area contributed by atoms with Crippen LogP contribution in [0, 0.1) is 5.41 Å². The molecule has 0 saturated carbocycles. The van der Waals surface area contributed by atoms with Crippen molar-refractivity contribution in [3.63, 3.8) is 0 Å². The van der Waals surface area contributed by atoms with Crippen LogP contribution in [0.25, 0.3) is 5.69 Å². The molecule has 1 heterocycles. The molecule has 0 saturated heterocycles. The first-order chi connectivity index (χ1) is 10.3. The third kappa shape index (κ3) is 3.65. The average Bonchev–Trinajstić information content (AvgIpc) is 2.89. The van der Waals surface area contributed by atoms with E-state index < -0.39 is 12.0 Å². The number of hydrogen-bond acceptors (Lipinski definition) is 4. The zero-order valence-corrected chi connectivity index (χ0v) is 13.1. The Morgan fingerprint density at radius 2 is 2.00 bits per heavy atom. The van der Waals surface area contributed by atoms with Gasteiger partial charge in [-0.1, -0.05) is 39.0 Å². The van der Waals surface area contributed by atoms with Crippen LogP contribution >= 0.6 is 0 Å². The minimum atomic E-state index is -0.589. The maximum absolute atomic E-state index is 11.4. The summed E-state index contributed by atoms with van der Waals surface area (Å²) in [6.45, 7) is 6.23. The van der Waals surface area contributed by atoms with Gasteiger partial charge in [0, 0.05) is 12.6 Å². The number of amides is 1. The largest absolute Gasteiger partial charge is 0.391 e. The Balaban J connectivity index is 2.28. The van der Waals surface area contributed by atoms with Gasteiger partial charge in [0.25, 0.3) is 5.91 Å². The third-order valence-corrected chi connectivity index (χ3v) is 3.44. The Morgan fingerprint density at radius 1 is 1.36 bits per heavy atom. The molecular formula is C16H22N4O2. The highest BCUT2D eigenvalue weighted by molar-refractivity contribution is 5.91. The normalized spacial score (nSPS) is 12.9. The summed E-state index contributed by atoms with van der Waals surface area (Å²) in [4.78, 5) is 11.4. The number of aliphatic hydroxyl groups excluding tert-OH is 1. The van der Waals surface area contributed by atoms with Crippen molar-refractivity contribution in [3.05, 3.63) is 42.1 Å². The van der Waals surface area contributed by atoms with E-state index in [4.69, 9.17) is 5.73 Å². The van der Waals surface area contributed by atoms with E-state index in [-0.39, 0.29) is 11.1 Å². The fourth-order valence-corrected chi connectivity index (χ4v) is 1.90. The van der Waals surface area contributed by atoms with Gasteiger partial charge in [-0.3, -0.25) is 4.79 Å². The Hall–Kier alpha value is -2.34. The van der Waals surface area contributed by atoms with E-state index >= 15 is 0 Å². The fraction of sp³-hybridized carbons (Fsp3) is 0.375. The number of anilines is 1. The molecule has 0 spiro atoms. The number of primary amides is 1. The predicted octanol–water partition coefficient (Wildman–Crippen LogP) is 1.79. The Morgan fingerprint density at radius 3 is 2.55 bits per heavy atom. The molecule has 1 aromatic carbocycles. The number of hydrogen-bond donors (Lipinski definition) is 3. The quantitative estimate of drug-likeness (QED) is 0.785. The molecule has 1 amide bonds. The fourth-order valence-electron chi connectivity index (χ4n) is 1.90. The van der Waals surface area contributed by atoms with Crippen LogP contribution in [0.1, 0.15) is 31.3 Å². The lowest BCUT2D eigenvalue weighted by Crippen LogP contribution is -2.33. The minimum absolute atomic E-state index is 0.177. The predicted molar refractivity (Wildman–Crippen MR) is 86.0 cm³/mol. The van der Waals surface area contributed by atoms with E-state index in [0.717, 1.165) is 5.69 Å². The molecule has 4 N–H and O–H groups in total. The number of benzene rings is 1. The molecule has 1 aromatic heterocycles. The highest BCUT2D eigenvalue weighted by Crippen LogP contribution is 2.21. The summed E-state index contributed by atoms with van der Waals surface area (Å²) in [6.07, 6.45) is -0.538. The second-order valence-corrected chi connectivity index (χ2v) is 6.29. The monoisotopic (exact) mass is 302 g/mol. The lowest BCUT2D eigenvalue weighted by molar-refractivity contribution is 0.0745. The van der Waals surface area contributed by atoms with Crippen molar-refractivity contribution in [1.82, 2.24) is 9.78 Å². The van der Waals surface area contributed by atoms with Gasteiger partial charge in [-0.25, -0.2) is 4.68 Å². The molecule has 6 nitrogen and oxygen atoms in total. The number of nitrogens with zero attached hydrogens (tertiary/aromatic N) is 2. The highest BCUT2D eigenvalue weighted by atomic mass is 16.3. The molecule has 0 aliphatic rings. The highest BCUT2D eigenvalue weighted by Gasteiger charge is 2.22. The van der Waals surface area contributed by atoms with Crippen molar-refractivity contribution in [2.45, 2.75) is 26.9 Å². The van der Waals surface area contributed by atoms with E-state index in [0.29, 0.717) is 12.4 Å². The van der Waals surface area contributed by atoms with Crippen molar-refractivity contribution in [2.75, 3.05) is 11.9 Å². The van der Waals surface area contributed by atoms with Crippen LogP contribution in [0.5, 0.6) is 0 Å². The van der Waals surface area contributed by atoms with Crippen LogP contribution in [0.15, 0.2) is 36.4 Å². The first kappa shape index (κ1) is 16.0. The standard InChI is InChI=1S/C16H22N4O2/c1-16(2,3)13(21)10-18-14-9-12(15(17)22)19-20(14)11-7-5-4-6-8-11/h4-9,13,18,21H,10H2,1-3H3,(H2,17,22). The summed E-state index contributed by atoms with van der Waals surface area (Å²) in [5.41, 5.74) is 6.05. The molecule has 118 valence electrons. The lowest BCUT2D eigenvalue weighted by Gasteiger charge is -2.26. The number of rotatable bonds is 5. The maximum Gasteiger partial charge on any atom is 0.269 e. The second-order valence-electron chi connectivity index (χ2n) is 6.29. The molecule has 2 aromatic rings. The van der Waals surface area contributed by atoms with Crippen molar-refractivity contribution in [1.29, 1.82) is 0 Å². The van der Waals surface area contributed by atoms with Crippen molar-refractivity contribution in [2.24, 2.45) is 11.1 Å². The number of nitrogens with two attached hydrogens (primary N) is 1. The smallest absolute Gasteiger partial charge is 0.269 e. The van der Waals surface area contributed by atoms with Crippen molar-refractivity contribution in [3.8, 4) is 5.69 Å². The number of nitrogens with one attached hydrogen (secondary N) is 1. The van der Waals surface area contributed by atoms with Crippen molar-refractivity contribution >= 4 is 11.7 Å². The van der Waals surface area contributed by atoms with Gasteiger partial charge in [-0.2, -0.15) is 5.10 Å². The van der Waals surface area contributed by atoms with Gasteiger partial charge < -0.3 is 16.2 Å². The van der Waals surface area contributed by atoms with Gasteiger partial charge in [0.2, 0.25) is 0 Å². The Labute approximate surface area is 129 Å². The number of carbonyl (C=O) groups excluding carboxylic acids is 1. The third-order valence-electron chi connectivity index (χ3n) is 3.44. The number of aliphatic hydroxyl groups is 1. The van der Waals surface area contributed by atoms with Gasteiger partial charge in [0.05, 0.1) is 11.8 Å². The van der Waals surface area contributed by atoms with Crippen molar-refractivity contribution < 1.29 is 9.90 Å². The first-order valence-corrected chi connectivity index (χ1v) is 7.16. The molecular weight excluding hydrogens is 280 g/mol. The van der Waals surface area contributed by atoms with Crippen LogP contribution in [-0.4, -0.2) is 33.4 Å². The topological polar surface area (TPSA) is 93.2 Å². The van der Waals surface area contributed by atoms with E-state index in [2.05, 4.69) is 10.4 Å². The minimum Gasteiger partial charge on any atom is -0.391 e. The van der Waals surface area contributed by atoms with Crippen LogP contribution in [0.3, 0.4) is 0 Å². The van der Waals surface area contributed by atoms with E-state index in [1.54, 1.807) is 10.7 Å². The molecule has 1 atom stereocenters. The first-order valence-electron chi connectivity index (χ1n) is 7.16. The number of para-hydroxylation sites is 1. The zero-order valence-electron chi connectivity index (χ0n) is 13.1. The van der Waals surface area contributed by atoms with Gasteiger partial charge >= 0.3 is 0 Å². The summed E-state index contributed by atoms with van der Waals surface area (Å²) in [6, 6.07) is 11.0. The van der Waals surface area contributed by atoms with Crippen LogP contribution < -0.4 is 11.1 Å². The summed E-state index contributed by atoms with van der Waals surface area (Å²) in [5, 5.41) is 17.5. The van der Waals surface area contributed by atoms with Gasteiger partial charge in [0.15, 0.2) is 5.69 Å². The molecule has 0 fully saturated rings. The summed E-state index contributed by atoms with van der Waals surface area (Å²) in [7, 11) is 0. The van der Waals surface area contributed by atoms with Crippen LogP contribution in [-0.2, 0) is 0 Å². The molecule has 0 radical (unpaired) electrons. The molecule has 22 heavy (non-hydrogen) atoms. The van der Waals surface area contributed by atoms with E-state index in [1.165, 1.54) is 0 Å². The molecule has 0 bridgehead atoms. The average molecular weight is 302 g/mol. The summed E-state index contributed by atoms with van der Waals surface area (Å²) < 4.78 is 1.61. The number of aromatic nitrogens is 2. The molecule has 0 aliphatic carbocycles. The summed E-state index contributed by atoms with van der Waals surface area (Å²) in [5.74, 6) is 0.0254. The zero-order chi connectivity index (χ0) is 16.3. The van der Waals surface area contributed by atoms with Gasteiger partial charge in [0.1, 0.15) is 5.82 Å². The number of carbonyl (C=O) groups is 1. The van der Waals surface area contributed by atoms with Gasteiger partial charge in [-0.05, 0) is 17.5 Å². The van der Waals surface area contributed by atoms with Crippen LogP contribution in [0.4, 0.5) is 5.82 Å². The Bertz CT molecular complexity index is 644. The summed E-state index contributed by atoms with van der Waals surface area (Å²) >= 11 is 0. The molecule has 2 rings (SSSR count). The SMILES string of the molecule is CC(C)(C)C(O)CNc1cc(C(N)=O)nn1-c1ccccc1. The van der Waals surface area contributed by atoms with Crippen LogP contribution in [0.2, 0.25) is 0 Å². The second kappa shape index (κ2) is 6.19. The molecule has 0 aliphatic heterocycles.